The van der Waals surface area contributed by atoms with Crippen molar-refractivity contribution in [2.45, 2.75) is 6.54 Å². The van der Waals surface area contributed by atoms with Gasteiger partial charge in [0.15, 0.2) is 0 Å². The number of benzene rings is 2. The van der Waals surface area contributed by atoms with Gasteiger partial charge < -0.3 is 10.5 Å². The first-order valence-electron chi connectivity index (χ1n) is 6.53. The van der Waals surface area contributed by atoms with Crippen molar-refractivity contribution in [2.75, 3.05) is 7.11 Å². The van der Waals surface area contributed by atoms with Gasteiger partial charge in [0.25, 0.3) is 0 Å². The van der Waals surface area contributed by atoms with E-state index in [-0.39, 0.29) is 0 Å². The standard InChI is InChI=1S/C17H16N2O/c1-20-16-6-5-13-7-8-19-11-15(13)17(16)14-4-2-3-12(9-14)10-18/h2-9,11H,10,18H2,1H3. The first-order chi connectivity index (χ1) is 9.83. The van der Waals surface area contributed by atoms with Crippen molar-refractivity contribution >= 4 is 10.8 Å². The molecule has 1 aromatic heterocycles. The van der Waals surface area contributed by atoms with E-state index in [4.69, 9.17) is 10.5 Å². The summed E-state index contributed by atoms with van der Waals surface area (Å²) in [7, 11) is 1.69. The topological polar surface area (TPSA) is 48.1 Å². The van der Waals surface area contributed by atoms with Crippen molar-refractivity contribution < 1.29 is 4.74 Å². The molecule has 3 aromatic rings. The summed E-state index contributed by atoms with van der Waals surface area (Å²) < 4.78 is 5.52. The average molecular weight is 264 g/mol. The highest BCUT2D eigenvalue weighted by Crippen LogP contribution is 2.36. The average Bonchev–Trinajstić information content (AvgIpc) is 2.53. The Morgan fingerprint density at radius 1 is 1.15 bits per heavy atom. The third kappa shape index (κ3) is 2.12. The summed E-state index contributed by atoms with van der Waals surface area (Å²) in [6.45, 7) is 0.527. The summed E-state index contributed by atoms with van der Waals surface area (Å²) in [6.07, 6.45) is 3.68. The number of hydrogen-bond donors (Lipinski definition) is 1. The van der Waals surface area contributed by atoms with Gasteiger partial charge in [-0.3, -0.25) is 4.98 Å². The normalized spacial score (nSPS) is 10.7. The number of ether oxygens (including phenoxy) is 1. The van der Waals surface area contributed by atoms with E-state index in [0.29, 0.717) is 6.54 Å². The maximum absolute atomic E-state index is 5.74. The van der Waals surface area contributed by atoms with E-state index in [1.807, 2.05) is 36.5 Å². The van der Waals surface area contributed by atoms with Gasteiger partial charge in [0.2, 0.25) is 0 Å². The fraction of sp³-hybridized carbons (Fsp3) is 0.118. The molecule has 1 heterocycles. The Morgan fingerprint density at radius 3 is 2.85 bits per heavy atom. The van der Waals surface area contributed by atoms with Gasteiger partial charge in [-0.2, -0.15) is 0 Å². The molecule has 3 rings (SSSR count). The number of nitrogens with zero attached hydrogens (tertiary/aromatic N) is 1. The molecule has 0 bridgehead atoms. The fourth-order valence-electron chi connectivity index (χ4n) is 2.46. The molecule has 0 unspecified atom stereocenters. The van der Waals surface area contributed by atoms with Crippen LogP contribution in [0.3, 0.4) is 0 Å². The van der Waals surface area contributed by atoms with Gasteiger partial charge in [0, 0.05) is 29.9 Å². The zero-order chi connectivity index (χ0) is 13.9. The second-order valence-corrected chi connectivity index (χ2v) is 4.64. The van der Waals surface area contributed by atoms with Gasteiger partial charge in [-0.05, 0) is 34.7 Å². The van der Waals surface area contributed by atoms with Gasteiger partial charge in [0.1, 0.15) is 5.75 Å². The van der Waals surface area contributed by atoms with E-state index < -0.39 is 0 Å². The number of fused-ring (bicyclic) bond motifs is 1. The van der Waals surface area contributed by atoms with Crippen LogP contribution in [0.4, 0.5) is 0 Å². The molecule has 0 aliphatic carbocycles. The lowest BCUT2D eigenvalue weighted by molar-refractivity contribution is 0.417. The molecular weight excluding hydrogens is 248 g/mol. The Morgan fingerprint density at radius 2 is 2.05 bits per heavy atom. The highest BCUT2D eigenvalue weighted by atomic mass is 16.5. The van der Waals surface area contributed by atoms with Crippen LogP contribution in [-0.2, 0) is 6.54 Å². The molecule has 3 nitrogen and oxygen atoms in total. The van der Waals surface area contributed by atoms with Crippen LogP contribution >= 0.6 is 0 Å². The zero-order valence-corrected chi connectivity index (χ0v) is 11.3. The number of hydrogen-bond acceptors (Lipinski definition) is 3. The van der Waals surface area contributed by atoms with Crippen molar-refractivity contribution in [2.24, 2.45) is 5.73 Å². The Kier molecular flexibility index (Phi) is 3.35. The molecule has 0 spiro atoms. The minimum atomic E-state index is 0.527. The molecule has 0 radical (unpaired) electrons. The summed E-state index contributed by atoms with van der Waals surface area (Å²) in [5.74, 6) is 0.847. The quantitative estimate of drug-likeness (QED) is 0.789. The van der Waals surface area contributed by atoms with Crippen LogP contribution in [0.15, 0.2) is 54.9 Å². The Bertz CT molecular complexity index is 753. The summed E-state index contributed by atoms with van der Waals surface area (Å²) in [5.41, 5.74) is 9.00. The lowest BCUT2D eigenvalue weighted by Gasteiger charge is -2.13. The second kappa shape index (κ2) is 5.31. The molecular formula is C17H16N2O. The van der Waals surface area contributed by atoms with Crippen LogP contribution in [0.2, 0.25) is 0 Å². The third-order valence-corrected chi connectivity index (χ3v) is 3.46. The Labute approximate surface area is 118 Å². The molecule has 0 fully saturated rings. The maximum atomic E-state index is 5.74. The van der Waals surface area contributed by atoms with E-state index in [2.05, 4.69) is 17.1 Å². The minimum absolute atomic E-state index is 0.527. The van der Waals surface area contributed by atoms with Gasteiger partial charge in [0.05, 0.1) is 7.11 Å². The van der Waals surface area contributed by atoms with E-state index in [9.17, 15) is 0 Å². The Hall–Kier alpha value is -2.39. The van der Waals surface area contributed by atoms with Crippen LogP contribution in [0.1, 0.15) is 5.56 Å². The zero-order valence-electron chi connectivity index (χ0n) is 11.3. The molecule has 2 aromatic carbocycles. The second-order valence-electron chi connectivity index (χ2n) is 4.64. The molecule has 0 aliphatic heterocycles. The molecule has 0 saturated heterocycles. The SMILES string of the molecule is COc1ccc2ccncc2c1-c1cccc(CN)c1. The molecule has 2 N–H and O–H groups in total. The summed E-state index contributed by atoms with van der Waals surface area (Å²) >= 11 is 0. The number of pyridine rings is 1. The Balaban J connectivity index is 2.32. The van der Waals surface area contributed by atoms with Crippen LogP contribution in [-0.4, -0.2) is 12.1 Å². The van der Waals surface area contributed by atoms with Crippen molar-refractivity contribution in [3.8, 4) is 16.9 Å². The lowest BCUT2D eigenvalue weighted by atomic mass is 9.97. The third-order valence-electron chi connectivity index (χ3n) is 3.46. The largest absolute Gasteiger partial charge is 0.496 e. The van der Waals surface area contributed by atoms with Crippen molar-refractivity contribution in [1.82, 2.24) is 4.98 Å². The molecule has 0 saturated carbocycles. The van der Waals surface area contributed by atoms with E-state index in [1.54, 1.807) is 13.3 Å². The van der Waals surface area contributed by atoms with Crippen LogP contribution < -0.4 is 10.5 Å². The monoisotopic (exact) mass is 264 g/mol. The maximum Gasteiger partial charge on any atom is 0.127 e. The van der Waals surface area contributed by atoms with E-state index in [0.717, 1.165) is 33.2 Å². The van der Waals surface area contributed by atoms with Gasteiger partial charge in [-0.15, -0.1) is 0 Å². The van der Waals surface area contributed by atoms with Crippen LogP contribution in [0.25, 0.3) is 21.9 Å². The molecule has 20 heavy (non-hydrogen) atoms. The summed E-state index contributed by atoms with van der Waals surface area (Å²) in [5, 5.41) is 2.23. The van der Waals surface area contributed by atoms with Crippen LogP contribution in [0, 0.1) is 0 Å². The molecule has 100 valence electrons. The molecule has 0 amide bonds. The number of rotatable bonds is 3. The predicted molar refractivity (Wildman–Crippen MR) is 81.6 cm³/mol. The molecule has 0 atom stereocenters. The van der Waals surface area contributed by atoms with Crippen molar-refractivity contribution in [3.63, 3.8) is 0 Å². The lowest BCUT2D eigenvalue weighted by Crippen LogP contribution is -1.96. The van der Waals surface area contributed by atoms with E-state index in [1.165, 1.54) is 0 Å². The highest BCUT2D eigenvalue weighted by molar-refractivity contribution is 5.99. The summed E-state index contributed by atoms with van der Waals surface area (Å²) in [4.78, 5) is 4.24. The first-order valence-corrected chi connectivity index (χ1v) is 6.53. The van der Waals surface area contributed by atoms with E-state index >= 15 is 0 Å². The molecule has 3 heteroatoms. The number of nitrogens with two attached hydrogens (primary N) is 1. The van der Waals surface area contributed by atoms with Gasteiger partial charge in [-0.25, -0.2) is 0 Å². The summed E-state index contributed by atoms with van der Waals surface area (Å²) in [6, 6.07) is 14.3. The van der Waals surface area contributed by atoms with Crippen molar-refractivity contribution in [1.29, 1.82) is 0 Å². The minimum Gasteiger partial charge on any atom is -0.496 e. The predicted octanol–water partition coefficient (Wildman–Crippen LogP) is 3.37. The van der Waals surface area contributed by atoms with Gasteiger partial charge in [-0.1, -0.05) is 24.3 Å². The smallest absolute Gasteiger partial charge is 0.127 e. The number of aromatic nitrogens is 1. The first kappa shape index (κ1) is 12.6. The van der Waals surface area contributed by atoms with Crippen molar-refractivity contribution in [3.05, 3.63) is 60.4 Å². The highest BCUT2D eigenvalue weighted by Gasteiger charge is 2.11. The molecule has 0 aliphatic rings. The van der Waals surface area contributed by atoms with Gasteiger partial charge >= 0.3 is 0 Å². The fourth-order valence-corrected chi connectivity index (χ4v) is 2.46. The number of methoxy groups -OCH3 is 1. The van der Waals surface area contributed by atoms with Crippen LogP contribution in [0.5, 0.6) is 5.75 Å².